The average molecular weight is 423 g/mol. The molecule has 1 heterocycles. The normalized spacial score (nSPS) is 26.3. The molecule has 2 aromatic carbocycles. The minimum Gasteiger partial charge on any atom is -0.495 e. The third kappa shape index (κ3) is 2.82. The van der Waals surface area contributed by atoms with Crippen molar-refractivity contribution in [2.24, 2.45) is 23.7 Å². The number of anilines is 2. The van der Waals surface area contributed by atoms with Crippen molar-refractivity contribution in [3.63, 3.8) is 0 Å². The van der Waals surface area contributed by atoms with Gasteiger partial charge in [-0.25, -0.2) is 0 Å². The quantitative estimate of drug-likeness (QED) is 0.598. The lowest BCUT2D eigenvalue weighted by Gasteiger charge is -2.17. The summed E-state index contributed by atoms with van der Waals surface area (Å²) < 4.78 is 5.25. The van der Waals surface area contributed by atoms with Crippen molar-refractivity contribution < 1.29 is 19.1 Å². The first-order chi connectivity index (χ1) is 14.5. The molecule has 0 spiro atoms. The fourth-order valence-corrected chi connectivity index (χ4v) is 5.06. The zero-order valence-corrected chi connectivity index (χ0v) is 16.9. The third-order valence-corrected chi connectivity index (χ3v) is 6.50. The van der Waals surface area contributed by atoms with Gasteiger partial charge >= 0.3 is 0 Å². The number of halogens is 1. The van der Waals surface area contributed by atoms with Crippen molar-refractivity contribution in [3.8, 4) is 5.75 Å². The van der Waals surface area contributed by atoms with Crippen molar-refractivity contribution in [3.05, 3.63) is 65.2 Å². The molecule has 0 unspecified atom stereocenters. The Labute approximate surface area is 178 Å². The van der Waals surface area contributed by atoms with Crippen molar-refractivity contribution >= 4 is 40.7 Å². The topological polar surface area (TPSA) is 75.7 Å². The van der Waals surface area contributed by atoms with E-state index in [1.807, 2.05) is 0 Å². The fraction of sp³-hybridized carbons (Fsp3) is 0.261. The molecular formula is C23H19ClN2O4. The van der Waals surface area contributed by atoms with E-state index in [9.17, 15) is 14.4 Å². The largest absolute Gasteiger partial charge is 0.495 e. The summed E-state index contributed by atoms with van der Waals surface area (Å²) in [6, 6.07) is 11.4. The third-order valence-electron chi connectivity index (χ3n) is 6.27. The maximum absolute atomic E-state index is 12.9. The van der Waals surface area contributed by atoms with E-state index in [0.717, 1.165) is 6.42 Å². The van der Waals surface area contributed by atoms with Gasteiger partial charge in [-0.15, -0.1) is 0 Å². The predicted molar refractivity (Wildman–Crippen MR) is 113 cm³/mol. The van der Waals surface area contributed by atoms with Gasteiger partial charge in [-0.2, -0.15) is 0 Å². The molecular weight excluding hydrogens is 404 g/mol. The molecule has 4 atom stereocenters. The van der Waals surface area contributed by atoms with E-state index in [-0.39, 0.29) is 41.4 Å². The second kappa shape index (κ2) is 6.99. The Hall–Kier alpha value is -3.12. The van der Waals surface area contributed by atoms with Crippen LogP contribution in [-0.4, -0.2) is 24.8 Å². The molecule has 2 aromatic rings. The summed E-state index contributed by atoms with van der Waals surface area (Å²) in [7, 11) is 1.51. The first kappa shape index (κ1) is 18.9. The van der Waals surface area contributed by atoms with E-state index in [2.05, 4.69) is 17.5 Å². The predicted octanol–water partition coefficient (Wildman–Crippen LogP) is 3.91. The number of hydrogen-bond donors (Lipinski definition) is 1. The van der Waals surface area contributed by atoms with Crippen LogP contribution in [0.4, 0.5) is 11.4 Å². The summed E-state index contributed by atoms with van der Waals surface area (Å²) in [5.74, 6) is -0.284. The Kier molecular flexibility index (Phi) is 4.40. The molecule has 6 nitrogen and oxygen atoms in total. The number of allylic oxidation sites excluding steroid dienone is 2. The number of nitrogens with zero attached hydrogens (tertiary/aromatic N) is 1. The number of nitrogens with one attached hydrogen (secondary N) is 1. The van der Waals surface area contributed by atoms with Crippen LogP contribution in [0.25, 0.3) is 0 Å². The molecule has 0 aromatic heterocycles. The van der Waals surface area contributed by atoms with E-state index >= 15 is 0 Å². The number of benzene rings is 2. The summed E-state index contributed by atoms with van der Waals surface area (Å²) in [5.41, 5.74) is 1.34. The highest BCUT2D eigenvalue weighted by Crippen LogP contribution is 2.53. The molecule has 1 saturated carbocycles. The summed E-state index contributed by atoms with van der Waals surface area (Å²) in [6.07, 6.45) is 5.03. The van der Waals surface area contributed by atoms with Crippen LogP contribution < -0.4 is 15.0 Å². The van der Waals surface area contributed by atoms with Gasteiger partial charge < -0.3 is 10.1 Å². The van der Waals surface area contributed by atoms with E-state index in [1.165, 1.54) is 12.0 Å². The molecule has 2 bridgehead atoms. The second-order valence-electron chi connectivity index (χ2n) is 7.86. The van der Waals surface area contributed by atoms with E-state index < -0.39 is 0 Å². The zero-order valence-electron chi connectivity index (χ0n) is 16.2. The molecule has 1 saturated heterocycles. The molecule has 5 rings (SSSR count). The van der Waals surface area contributed by atoms with Gasteiger partial charge in [-0.1, -0.05) is 23.8 Å². The van der Waals surface area contributed by atoms with Crippen LogP contribution in [0.5, 0.6) is 5.75 Å². The lowest BCUT2D eigenvalue weighted by Crippen LogP contribution is -2.32. The number of carbonyl (C=O) groups excluding carboxylic acids is 3. The van der Waals surface area contributed by atoms with Crippen LogP contribution in [0.3, 0.4) is 0 Å². The van der Waals surface area contributed by atoms with Gasteiger partial charge in [0.25, 0.3) is 5.91 Å². The first-order valence-electron chi connectivity index (χ1n) is 9.79. The highest BCUT2D eigenvalue weighted by atomic mass is 35.5. The van der Waals surface area contributed by atoms with Gasteiger partial charge in [0, 0.05) is 10.6 Å². The van der Waals surface area contributed by atoms with Crippen LogP contribution in [0.2, 0.25) is 5.02 Å². The summed E-state index contributed by atoms with van der Waals surface area (Å²) in [5, 5.41) is 3.25. The Morgan fingerprint density at radius 1 is 1.03 bits per heavy atom. The lowest BCUT2D eigenvalue weighted by molar-refractivity contribution is -0.123. The van der Waals surface area contributed by atoms with Crippen molar-refractivity contribution in [2.45, 2.75) is 6.42 Å². The molecule has 30 heavy (non-hydrogen) atoms. The Balaban J connectivity index is 1.35. The van der Waals surface area contributed by atoms with Gasteiger partial charge in [0.15, 0.2) is 0 Å². The van der Waals surface area contributed by atoms with Gasteiger partial charge in [-0.05, 0) is 60.7 Å². The fourth-order valence-electron chi connectivity index (χ4n) is 4.89. The van der Waals surface area contributed by atoms with Crippen LogP contribution in [0, 0.1) is 23.7 Å². The monoisotopic (exact) mass is 422 g/mol. The molecule has 2 fully saturated rings. The number of imide groups is 1. The maximum atomic E-state index is 12.9. The molecule has 3 aliphatic rings. The van der Waals surface area contributed by atoms with Crippen molar-refractivity contribution in [1.82, 2.24) is 0 Å². The highest BCUT2D eigenvalue weighted by Gasteiger charge is 2.59. The lowest BCUT2D eigenvalue weighted by atomic mass is 9.85. The summed E-state index contributed by atoms with van der Waals surface area (Å²) >= 11 is 6.01. The Morgan fingerprint density at radius 2 is 1.67 bits per heavy atom. The van der Waals surface area contributed by atoms with Gasteiger partial charge in [0.2, 0.25) is 11.8 Å². The summed E-state index contributed by atoms with van der Waals surface area (Å²) in [4.78, 5) is 39.8. The number of amides is 3. The van der Waals surface area contributed by atoms with Gasteiger partial charge in [0.05, 0.1) is 30.3 Å². The first-order valence-corrected chi connectivity index (χ1v) is 10.2. The molecule has 1 N–H and O–H groups in total. The number of carbonyl (C=O) groups is 3. The van der Waals surface area contributed by atoms with Crippen LogP contribution in [0.15, 0.2) is 54.6 Å². The number of hydrogen-bond acceptors (Lipinski definition) is 4. The highest BCUT2D eigenvalue weighted by molar-refractivity contribution is 6.31. The van der Waals surface area contributed by atoms with Crippen molar-refractivity contribution in [1.29, 1.82) is 0 Å². The SMILES string of the molecule is COc1ccc(Cl)cc1NC(=O)c1ccc(N2C(=O)[C@@H]3[C@@H](C2=O)[C@H]2C=C[C@H]3C2)cc1. The van der Waals surface area contributed by atoms with E-state index in [0.29, 0.717) is 27.7 Å². The van der Waals surface area contributed by atoms with Gasteiger partial charge in [-0.3, -0.25) is 19.3 Å². The molecule has 0 radical (unpaired) electrons. The minimum atomic E-state index is -0.347. The molecule has 1 aliphatic heterocycles. The molecule has 7 heteroatoms. The number of fused-ring (bicyclic) bond motifs is 5. The average Bonchev–Trinajstić information content (AvgIpc) is 3.42. The van der Waals surface area contributed by atoms with Crippen LogP contribution in [-0.2, 0) is 9.59 Å². The molecule has 2 aliphatic carbocycles. The Morgan fingerprint density at radius 3 is 2.27 bits per heavy atom. The zero-order chi connectivity index (χ0) is 21.0. The number of ether oxygens (including phenoxy) is 1. The standard InChI is InChI=1S/C23H19ClN2O4/c1-30-18-9-6-15(24)11-17(18)25-21(27)12-4-7-16(8-5-12)26-22(28)19-13-2-3-14(10-13)20(19)23(26)29/h2-9,11,13-14,19-20H,10H2,1H3,(H,25,27)/t13-,14-,19-,20-/m0/s1. The van der Waals surface area contributed by atoms with Crippen LogP contribution in [0.1, 0.15) is 16.8 Å². The molecule has 152 valence electrons. The minimum absolute atomic E-state index is 0.136. The second-order valence-corrected chi connectivity index (χ2v) is 8.29. The van der Waals surface area contributed by atoms with Crippen molar-refractivity contribution in [2.75, 3.05) is 17.3 Å². The number of rotatable bonds is 4. The maximum Gasteiger partial charge on any atom is 0.255 e. The van der Waals surface area contributed by atoms with E-state index in [4.69, 9.17) is 16.3 Å². The Bertz CT molecular complexity index is 1060. The smallest absolute Gasteiger partial charge is 0.255 e. The van der Waals surface area contributed by atoms with E-state index in [1.54, 1.807) is 42.5 Å². The summed E-state index contributed by atoms with van der Waals surface area (Å²) in [6.45, 7) is 0. The van der Waals surface area contributed by atoms with Gasteiger partial charge in [0.1, 0.15) is 5.75 Å². The van der Waals surface area contributed by atoms with Crippen LogP contribution >= 0.6 is 11.6 Å². The number of methoxy groups -OCH3 is 1. The molecule has 3 amide bonds.